The van der Waals surface area contributed by atoms with Gasteiger partial charge >= 0.3 is 0 Å². The molecule has 1 amide bonds. The first kappa shape index (κ1) is 19.1. The van der Waals surface area contributed by atoms with Crippen LogP contribution in [0, 0.1) is 5.82 Å². The van der Waals surface area contributed by atoms with Crippen LogP contribution in [0.1, 0.15) is 36.9 Å². The van der Waals surface area contributed by atoms with E-state index in [2.05, 4.69) is 20.7 Å². The van der Waals surface area contributed by atoms with E-state index in [9.17, 15) is 9.18 Å². The number of carbonyl (C=O) groups is 1. The van der Waals surface area contributed by atoms with Crippen LogP contribution in [0.5, 0.6) is 0 Å². The average molecular weight is 412 g/mol. The second-order valence-corrected chi connectivity index (χ2v) is 7.06. The molecule has 0 aliphatic carbocycles. The van der Waals surface area contributed by atoms with Gasteiger partial charge in [-0.25, -0.2) is 9.07 Å². The summed E-state index contributed by atoms with van der Waals surface area (Å²) in [7, 11) is 0. The minimum atomic E-state index is -0.625. The number of fused-ring (bicyclic) bond motifs is 1. The number of anilines is 2. The van der Waals surface area contributed by atoms with E-state index in [1.165, 1.54) is 10.7 Å². The Bertz CT molecular complexity index is 1060. The first-order valence-corrected chi connectivity index (χ1v) is 9.69. The lowest BCUT2D eigenvalue weighted by atomic mass is 10.0. The topological polar surface area (TPSA) is 71.8 Å². The Morgan fingerprint density at radius 2 is 2.03 bits per heavy atom. The van der Waals surface area contributed by atoms with Gasteiger partial charge in [-0.3, -0.25) is 10.1 Å². The number of allylic oxidation sites excluding steroid dienone is 1. The molecule has 4 rings (SSSR count). The second-order valence-electron chi connectivity index (χ2n) is 6.65. The molecule has 3 aromatic rings. The van der Waals surface area contributed by atoms with Crippen molar-refractivity contribution in [2.24, 2.45) is 0 Å². The Labute approximate surface area is 172 Å². The van der Waals surface area contributed by atoms with E-state index in [1.807, 2.05) is 43.3 Å². The number of hydrogen-bond acceptors (Lipinski definition) is 4. The van der Waals surface area contributed by atoms with Gasteiger partial charge in [0.05, 0.1) is 0 Å². The monoisotopic (exact) mass is 411 g/mol. The highest BCUT2D eigenvalue weighted by atomic mass is 35.5. The summed E-state index contributed by atoms with van der Waals surface area (Å²) < 4.78 is 16.2. The molecular formula is C21H19ClFN5O. The molecule has 1 atom stereocenters. The quantitative estimate of drug-likeness (QED) is 0.628. The zero-order valence-corrected chi connectivity index (χ0v) is 16.4. The maximum Gasteiger partial charge on any atom is 0.250 e. The van der Waals surface area contributed by atoms with Crippen molar-refractivity contribution in [3.63, 3.8) is 0 Å². The Kier molecular flexibility index (Phi) is 5.31. The maximum absolute atomic E-state index is 14.7. The Balaban J connectivity index is 1.80. The molecule has 8 heteroatoms. The fourth-order valence-electron chi connectivity index (χ4n) is 3.25. The molecule has 1 aromatic heterocycles. The molecule has 1 aliphatic rings. The van der Waals surface area contributed by atoms with Crippen LogP contribution >= 0.6 is 11.6 Å². The van der Waals surface area contributed by atoms with E-state index in [0.717, 1.165) is 11.3 Å². The molecule has 2 aromatic carbocycles. The molecule has 0 fully saturated rings. The zero-order valence-electron chi connectivity index (χ0n) is 15.7. The van der Waals surface area contributed by atoms with Crippen LogP contribution in [0.3, 0.4) is 0 Å². The second kappa shape index (κ2) is 8.05. The molecule has 148 valence electrons. The van der Waals surface area contributed by atoms with Crippen molar-refractivity contribution >= 4 is 35.1 Å². The van der Waals surface area contributed by atoms with Gasteiger partial charge in [0.2, 0.25) is 11.9 Å². The third-order valence-corrected chi connectivity index (χ3v) is 4.90. The number of carbonyl (C=O) groups excluding carboxylic acids is 1. The predicted molar refractivity (Wildman–Crippen MR) is 111 cm³/mol. The minimum Gasteiger partial charge on any atom is -0.324 e. The zero-order chi connectivity index (χ0) is 20.4. The summed E-state index contributed by atoms with van der Waals surface area (Å²) in [6.07, 6.45) is 2.93. The Hall–Kier alpha value is -3.19. The van der Waals surface area contributed by atoms with Gasteiger partial charge in [-0.1, -0.05) is 54.9 Å². The molecule has 0 saturated heterocycles. The smallest absolute Gasteiger partial charge is 0.250 e. The number of nitrogens with one attached hydrogen (secondary N) is 2. The van der Waals surface area contributed by atoms with Crippen molar-refractivity contribution in [2.45, 2.75) is 25.8 Å². The molecule has 1 aliphatic heterocycles. The number of halogens is 2. The van der Waals surface area contributed by atoms with Gasteiger partial charge in [0.25, 0.3) is 5.95 Å². The van der Waals surface area contributed by atoms with Crippen LogP contribution in [-0.4, -0.2) is 20.7 Å². The number of benzene rings is 2. The van der Waals surface area contributed by atoms with E-state index in [1.54, 1.807) is 12.1 Å². The summed E-state index contributed by atoms with van der Waals surface area (Å²) in [5, 5.41) is 10.6. The molecule has 0 radical (unpaired) electrons. The van der Waals surface area contributed by atoms with Crippen molar-refractivity contribution in [3.8, 4) is 0 Å². The highest BCUT2D eigenvalue weighted by molar-refractivity contribution is 6.31. The van der Waals surface area contributed by atoms with E-state index in [0.29, 0.717) is 29.4 Å². The van der Waals surface area contributed by atoms with Crippen molar-refractivity contribution in [1.82, 2.24) is 14.8 Å². The lowest BCUT2D eigenvalue weighted by molar-refractivity contribution is -0.116. The van der Waals surface area contributed by atoms with Crippen molar-refractivity contribution in [1.29, 1.82) is 0 Å². The summed E-state index contributed by atoms with van der Waals surface area (Å²) in [6, 6.07) is 13.6. The predicted octanol–water partition coefficient (Wildman–Crippen LogP) is 4.87. The molecule has 0 saturated carbocycles. The van der Waals surface area contributed by atoms with Gasteiger partial charge in [-0.15, -0.1) is 5.10 Å². The van der Waals surface area contributed by atoms with Gasteiger partial charge in [-0.05, 0) is 30.2 Å². The van der Waals surface area contributed by atoms with E-state index in [-0.39, 0.29) is 11.9 Å². The first-order valence-electron chi connectivity index (χ1n) is 9.31. The molecule has 0 spiro atoms. The number of amides is 1. The fraction of sp³-hybridized carbons (Fsp3) is 0.190. The SMILES string of the molecule is CCCC(=O)Nc1nc2n(n1)[C@H](c1c(F)cccc1Cl)C=C(c1ccccc1)N2. The van der Waals surface area contributed by atoms with Crippen molar-refractivity contribution in [2.75, 3.05) is 10.6 Å². The van der Waals surface area contributed by atoms with Gasteiger partial charge in [0.1, 0.15) is 11.9 Å². The lowest BCUT2D eigenvalue weighted by Crippen LogP contribution is -2.21. The van der Waals surface area contributed by atoms with Crippen LogP contribution in [0.15, 0.2) is 54.6 Å². The minimum absolute atomic E-state index is 0.158. The molecule has 0 unspecified atom stereocenters. The van der Waals surface area contributed by atoms with Gasteiger partial charge in [-0.2, -0.15) is 4.98 Å². The molecular weight excluding hydrogens is 393 g/mol. The number of rotatable bonds is 5. The number of aromatic nitrogens is 3. The van der Waals surface area contributed by atoms with E-state index in [4.69, 9.17) is 11.6 Å². The maximum atomic E-state index is 14.7. The van der Waals surface area contributed by atoms with Crippen LogP contribution in [-0.2, 0) is 4.79 Å². The molecule has 2 N–H and O–H groups in total. The Morgan fingerprint density at radius 3 is 2.76 bits per heavy atom. The van der Waals surface area contributed by atoms with E-state index < -0.39 is 11.9 Å². The van der Waals surface area contributed by atoms with Gasteiger partial charge in [0, 0.05) is 22.7 Å². The van der Waals surface area contributed by atoms with Gasteiger partial charge < -0.3 is 5.32 Å². The van der Waals surface area contributed by atoms with Crippen LogP contribution in [0.4, 0.5) is 16.3 Å². The number of hydrogen-bond donors (Lipinski definition) is 2. The summed E-state index contributed by atoms with van der Waals surface area (Å²) in [5.41, 5.74) is 1.96. The highest BCUT2D eigenvalue weighted by Gasteiger charge is 2.29. The third kappa shape index (κ3) is 3.86. The first-order chi connectivity index (χ1) is 14.1. The summed E-state index contributed by atoms with van der Waals surface area (Å²) in [4.78, 5) is 16.3. The summed E-state index contributed by atoms with van der Waals surface area (Å²) in [5.74, 6) is -0.0631. The molecule has 29 heavy (non-hydrogen) atoms. The van der Waals surface area contributed by atoms with Gasteiger partial charge in [0.15, 0.2) is 0 Å². The molecule has 2 heterocycles. The highest BCUT2D eigenvalue weighted by Crippen LogP contribution is 2.37. The van der Waals surface area contributed by atoms with Crippen molar-refractivity contribution < 1.29 is 9.18 Å². The largest absolute Gasteiger partial charge is 0.324 e. The van der Waals surface area contributed by atoms with E-state index >= 15 is 0 Å². The van der Waals surface area contributed by atoms with Crippen LogP contribution in [0.2, 0.25) is 5.02 Å². The fourth-order valence-corrected chi connectivity index (χ4v) is 3.52. The lowest BCUT2D eigenvalue weighted by Gasteiger charge is -2.25. The summed E-state index contributed by atoms with van der Waals surface area (Å²) >= 11 is 6.33. The van der Waals surface area contributed by atoms with Crippen LogP contribution in [0.25, 0.3) is 5.70 Å². The normalized spacial score (nSPS) is 15.3. The molecule has 6 nitrogen and oxygen atoms in total. The summed E-state index contributed by atoms with van der Waals surface area (Å²) in [6.45, 7) is 1.92. The Morgan fingerprint density at radius 1 is 1.24 bits per heavy atom. The van der Waals surface area contributed by atoms with Crippen LogP contribution < -0.4 is 10.6 Å². The molecule has 0 bridgehead atoms. The van der Waals surface area contributed by atoms with Crippen molar-refractivity contribution in [3.05, 3.63) is 76.6 Å². The third-order valence-electron chi connectivity index (χ3n) is 4.57. The standard InChI is InChI=1S/C21H19ClFN5O/c1-2-7-18(29)25-20-26-21-24-16(13-8-4-3-5-9-13)12-17(28(21)27-20)19-14(22)10-6-11-15(19)23/h3-6,8-12,17H,2,7H2,1H3,(H2,24,25,26,27,29)/t17-/m0/s1. The average Bonchev–Trinajstić information content (AvgIpc) is 3.11. The number of nitrogens with zero attached hydrogens (tertiary/aromatic N) is 3.